The van der Waals surface area contributed by atoms with Gasteiger partial charge in [-0.05, 0) is 30.5 Å². The second kappa shape index (κ2) is 4.28. The lowest BCUT2D eigenvalue weighted by atomic mass is 9.62. The summed E-state index contributed by atoms with van der Waals surface area (Å²) in [6, 6.07) is 5.16. The zero-order chi connectivity index (χ0) is 12.5. The number of phenolic OH excluding ortho intramolecular Hbond substituents is 1. The van der Waals surface area contributed by atoms with Gasteiger partial charge in [-0.15, -0.1) is 0 Å². The van der Waals surface area contributed by atoms with E-state index in [0.29, 0.717) is 5.75 Å². The van der Waals surface area contributed by atoms with Gasteiger partial charge in [0, 0.05) is 5.41 Å². The molecule has 1 fully saturated rings. The molecular weight excluding hydrogens is 220 g/mol. The number of aromatic hydroxyl groups is 1. The summed E-state index contributed by atoms with van der Waals surface area (Å²) in [5, 5.41) is 18.7. The summed E-state index contributed by atoms with van der Waals surface area (Å²) in [4.78, 5) is 10.9. The molecule has 17 heavy (non-hydrogen) atoms. The number of aliphatic carboxylic acids is 1. The average Bonchev–Trinajstić information content (AvgIpc) is 2.23. The number of carboxylic acid groups (broad SMARTS) is 1. The number of hydrogen-bond acceptors (Lipinski definition) is 3. The smallest absolute Gasteiger partial charge is 0.304 e. The Morgan fingerprint density at radius 3 is 2.59 bits per heavy atom. The van der Waals surface area contributed by atoms with Gasteiger partial charge in [-0.1, -0.05) is 12.5 Å². The van der Waals surface area contributed by atoms with Gasteiger partial charge in [0.2, 0.25) is 0 Å². The van der Waals surface area contributed by atoms with Crippen molar-refractivity contribution < 1.29 is 19.7 Å². The van der Waals surface area contributed by atoms with Crippen molar-refractivity contribution in [1.29, 1.82) is 0 Å². The largest absolute Gasteiger partial charge is 0.504 e. The van der Waals surface area contributed by atoms with E-state index in [1.165, 1.54) is 7.11 Å². The maximum Gasteiger partial charge on any atom is 0.304 e. The minimum absolute atomic E-state index is 0.0710. The summed E-state index contributed by atoms with van der Waals surface area (Å²) in [6.07, 6.45) is 2.90. The average molecular weight is 236 g/mol. The van der Waals surface area contributed by atoms with E-state index in [4.69, 9.17) is 9.84 Å². The number of rotatable bonds is 4. The Morgan fingerprint density at radius 2 is 2.18 bits per heavy atom. The van der Waals surface area contributed by atoms with Crippen LogP contribution in [0.3, 0.4) is 0 Å². The van der Waals surface area contributed by atoms with Crippen molar-refractivity contribution in [2.75, 3.05) is 7.11 Å². The molecule has 2 N–H and O–H groups in total. The molecule has 0 spiro atoms. The fraction of sp³-hybridized carbons (Fsp3) is 0.462. The van der Waals surface area contributed by atoms with Crippen LogP contribution < -0.4 is 4.74 Å². The molecule has 0 bridgehead atoms. The van der Waals surface area contributed by atoms with Gasteiger partial charge in [0.05, 0.1) is 13.5 Å². The first-order valence-corrected chi connectivity index (χ1v) is 5.67. The molecule has 0 saturated heterocycles. The Labute approximate surface area is 99.8 Å². The third-order valence-electron chi connectivity index (χ3n) is 3.59. The highest BCUT2D eigenvalue weighted by Gasteiger charge is 2.40. The molecule has 2 rings (SSSR count). The maximum absolute atomic E-state index is 10.9. The summed E-state index contributed by atoms with van der Waals surface area (Å²) >= 11 is 0. The van der Waals surface area contributed by atoms with E-state index < -0.39 is 5.97 Å². The third kappa shape index (κ3) is 2.07. The first kappa shape index (κ1) is 11.8. The van der Waals surface area contributed by atoms with E-state index in [9.17, 15) is 9.90 Å². The molecule has 1 aliphatic rings. The predicted molar refractivity (Wildman–Crippen MR) is 62.4 cm³/mol. The van der Waals surface area contributed by atoms with Crippen LogP contribution in [0.2, 0.25) is 0 Å². The third-order valence-corrected chi connectivity index (χ3v) is 3.59. The Kier molecular flexibility index (Phi) is 2.96. The molecule has 0 heterocycles. The Bertz CT molecular complexity index is 435. The Hall–Kier alpha value is -1.71. The summed E-state index contributed by atoms with van der Waals surface area (Å²) in [5.74, 6) is -0.305. The zero-order valence-electron chi connectivity index (χ0n) is 9.77. The molecule has 0 unspecified atom stereocenters. The van der Waals surface area contributed by atoms with E-state index in [-0.39, 0.29) is 17.6 Å². The van der Waals surface area contributed by atoms with Gasteiger partial charge in [0.15, 0.2) is 11.5 Å². The number of ether oxygens (including phenoxy) is 1. The molecule has 0 aromatic heterocycles. The second-order valence-corrected chi connectivity index (χ2v) is 4.59. The van der Waals surface area contributed by atoms with Gasteiger partial charge in [-0.2, -0.15) is 0 Å². The fourth-order valence-corrected chi connectivity index (χ4v) is 2.48. The van der Waals surface area contributed by atoms with Crippen LogP contribution in [0.1, 0.15) is 31.2 Å². The van der Waals surface area contributed by atoms with Crippen LogP contribution in [-0.4, -0.2) is 23.3 Å². The van der Waals surface area contributed by atoms with Gasteiger partial charge in [0.25, 0.3) is 0 Å². The van der Waals surface area contributed by atoms with Gasteiger partial charge < -0.3 is 14.9 Å². The summed E-state index contributed by atoms with van der Waals surface area (Å²) < 4.78 is 4.98. The van der Waals surface area contributed by atoms with Crippen LogP contribution >= 0.6 is 0 Å². The number of methoxy groups -OCH3 is 1. The van der Waals surface area contributed by atoms with E-state index in [1.807, 2.05) is 6.07 Å². The number of hydrogen-bond donors (Lipinski definition) is 2. The lowest BCUT2D eigenvalue weighted by Crippen LogP contribution is -2.36. The van der Waals surface area contributed by atoms with Gasteiger partial charge in [0.1, 0.15) is 0 Å². The Morgan fingerprint density at radius 1 is 1.47 bits per heavy atom. The van der Waals surface area contributed by atoms with Crippen molar-refractivity contribution in [3.8, 4) is 11.5 Å². The SMILES string of the molecule is COc1ccc(C2(CC(=O)O)CCC2)cc1O. The number of benzene rings is 1. The Balaban J connectivity index is 2.31. The maximum atomic E-state index is 10.9. The first-order chi connectivity index (χ1) is 8.07. The van der Waals surface area contributed by atoms with E-state index >= 15 is 0 Å². The number of phenols is 1. The van der Waals surface area contributed by atoms with E-state index in [0.717, 1.165) is 24.8 Å². The minimum Gasteiger partial charge on any atom is -0.504 e. The molecule has 0 aliphatic heterocycles. The summed E-state index contributed by atoms with van der Waals surface area (Å²) in [6.45, 7) is 0. The van der Waals surface area contributed by atoms with Crippen LogP contribution in [0.25, 0.3) is 0 Å². The van der Waals surface area contributed by atoms with Gasteiger partial charge in [-0.3, -0.25) is 4.79 Å². The quantitative estimate of drug-likeness (QED) is 0.841. The van der Waals surface area contributed by atoms with E-state index in [2.05, 4.69) is 0 Å². The van der Waals surface area contributed by atoms with E-state index in [1.54, 1.807) is 12.1 Å². The molecular formula is C13H16O4. The highest BCUT2D eigenvalue weighted by Crippen LogP contribution is 2.48. The van der Waals surface area contributed by atoms with Gasteiger partial charge >= 0.3 is 5.97 Å². The fourth-order valence-electron chi connectivity index (χ4n) is 2.48. The minimum atomic E-state index is -0.792. The van der Waals surface area contributed by atoms with Crippen LogP contribution in [0.5, 0.6) is 11.5 Å². The van der Waals surface area contributed by atoms with Crippen LogP contribution in [0.4, 0.5) is 0 Å². The van der Waals surface area contributed by atoms with Crippen molar-refractivity contribution in [3.05, 3.63) is 23.8 Å². The predicted octanol–water partition coefficient (Wildman–Crippen LogP) is 2.30. The lowest BCUT2D eigenvalue weighted by molar-refractivity contribution is -0.139. The molecule has 1 aromatic rings. The van der Waals surface area contributed by atoms with Crippen molar-refractivity contribution in [2.24, 2.45) is 0 Å². The highest BCUT2D eigenvalue weighted by atomic mass is 16.5. The highest BCUT2D eigenvalue weighted by molar-refractivity contribution is 5.69. The molecule has 1 saturated carbocycles. The molecule has 4 nitrogen and oxygen atoms in total. The van der Waals surface area contributed by atoms with Gasteiger partial charge in [-0.25, -0.2) is 0 Å². The molecule has 0 radical (unpaired) electrons. The molecule has 0 atom stereocenters. The lowest BCUT2D eigenvalue weighted by Gasteiger charge is -2.41. The summed E-state index contributed by atoms with van der Waals surface area (Å²) in [5.41, 5.74) is 0.597. The van der Waals surface area contributed by atoms with Crippen molar-refractivity contribution in [2.45, 2.75) is 31.1 Å². The molecule has 92 valence electrons. The number of carbonyl (C=O) groups is 1. The monoisotopic (exact) mass is 236 g/mol. The molecule has 1 aliphatic carbocycles. The summed E-state index contributed by atoms with van der Waals surface area (Å²) in [7, 11) is 1.49. The normalized spacial score (nSPS) is 17.2. The zero-order valence-corrected chi connectivity index (χ0v) is 9.77. The second-order valence-electron chi connectivity index (χ2n) is 4.59. The first-order valence-electron chi connectivity index (χ1n) is 5.67. The number of carboxylic acids is 1. The van der Waals surface area contributed by atoms with Crippen LogP contribution in [-0.2, 0) is 10.2 Å². The van der Waals surface area contributed by atoms with Crippen LogP contribution in [0.15, 0.2) is 18.2 Å². The van der Waals surface area contributed by atoms with Crippen molar-refractivity contribution in [1.82, 2.24) is 0 Å². The topological polar surface area (TPSA) is 66.8 Å². The van der Waals surface area contributed by atoms with Crippen molar-refractivity contribution >= 4 is 5.97 Å². The molecule has 0 amide bonds. The van der Waals surface area contributed by atoms with Crippen molar-refractivity contribution in [3.63, 3.8) is 0 Å². The van der Waals surface area contributed by atoms with Crippen LogP contribution in [0, 0.1) is 0 Å². The molecule has 1 aromatic carbocycles. The standard InChI is InChI=1S/C13H16O4/c1-17-11-4-3-9(7-10(11)14)13(5-2-6-13)8-12(15)16/h3-4,7,14H,2,5-6,8H2,1H3,(H,15,16). The molecule has 4 heteroatoms.